The lowest BCUT2D eigenvalue weighted by molar-refractivity contribution is -0.130. The van der Waals surface area contributed by atoms with Gasteiger partial charge in [0, 0.05) is 13.2 Å². The largest absolute Gasteiger partial charge is 0.381 e. The number of halogens is 1. The second-order valence-electron chi connectivity index (χ2n) is 5.56. The van der Waals surface area contributed by atoms with Gasteiger partial charge >= 0.3 is 0 Å². The fraction of sp³-hybridized carbons (Fsp3) is 0.562. The van der Waals surface area contributed by atoms with Crippen LogP contribution in [0.1, 0.15) is 43.9 Å². The second-order valence-corrected chi connectivity index (χ2v) is 5.56. The Morgan fingerprint density at radius 1 is 1.33 bits per heavy atom. The molecular formula is C16H25ClN2O2. The molecule has 0 bridgehead atoms. The van der Waals surface area contributed by atoms with Crippen molar-refractivity contribution in [2.24, 2.45) is 5.73 Å². The first-order valence-electron chi connectivity index (χ1n) is 7.31. The van der Waals surface area contributed by atoms with Crippen molar-refractivity contribution >= 4 is 18.3 Å². The summed E-state index contributed by atoms with van der Waals surface area (Å²) >= 11 is 0. The van der Waals surface area contributed by atoms with E-state index in [1.54, 1.807) is 0 Å². The average Bonchev–Trinajstić information content (AvgIpc) is 2.48. The zero-order valence-corrected chi connectivity index (χ0v) is 13.5. The first-order chi connectivity index (χ1) is 9.55. The van der Waals surface area contributed by atoms with Crippen LogP contribution in [0.4, 0.5) is 0 Å². The van der Waals surface area contributed by atoms with Gasteiger partial charge < -0.3 is 15.8 Å². The molecule has 5 heteroatoms. The molecule has 1 aromatic rings. The Hall–Kier alpha value is -1.10. The van der Waals surface area contributed by atoms with Gasteiger partial charge in [0.25, 0.3) is 0 Å². The number of nitrogens with two attached hydrogens (primary N) is 1. The topological polar surface area (TPSA) is 64.4 Å². The Morgan fingerprint density at radius 3 is 2.43 bits per heavy atom. The van der Waals surface area contributed by atoms with Crippen molar-refractivity contribution < 1.29 is 9.53 Å². The maximum Gasteiger partial charge on any atom is 0.240 e. The number of benzene rings is 1. The Kier molecular flexibility index (Phi) is 6.65. The monoisotopic (exact) mass is 312 g/mol. The standard InChI is InChI=1S/C16H24N2O2.ClH/c1-3-13-4-6-14(7-5-13)12(2)18-15(19)16(17)8-10-20-11-9-16;/h4-7,12H,3,8-11,17H2,1-2H3,(H,18,19);1H. The van der Waals surface area contributed by atoms with Crippen LogP contribution in [-0.4, -0.2) is 24.7 Å². The minimum absolute atomic E-state index is 0. The molecule has 2 rings (SSSR count). The van der Waals surface area contributed by atoms with E-state index in [9.17, 15) is 4.79 Å². The maximum atomic E-state index is 12.3. The van der Waals surface area contributed by atoms with Crippen molar-refractivity contribution in [3.8, 4) is 0 Å². The number of hydrogen-bond acceptors (Lipinski definition) is 3. The third-order valence-electron chi connectivity index (χ3n) is 4.07. The Bertz CT molecular complexity index is 456. The zero-order chi connectivity index (χ0) is 14.6. The van der Waals surface area contributed by atoms with Crippen LogP contribution >= 0.6 is 12.4 Å². The third-order valence-corrected chi connectivity index (χ3v) is 4.07. The average molecular weight is 313 g/mol. The highest BCUT2D eigenvalue weighted by molar-refractivity contribution is 5.86. The molecule has 1 fully saturated rings. The molecule has 1 aliphatic heterocycles. The highest BCUT2D eigenvalue weighted by atomic mass is 35.5. The van der Waals surface area contributed by atoms with Crippen LogP contribution in [0, 0.1) is 0 Å². The van der Waals surface area contributed by atoms with E-state index in [0.29, 0.717) is 26.1 Å². The third kappa shape index (κ3) is 4.43. The van der Waals surface area contributed by atoms with Gasteiger partial charge in [0.05, 0.1) is 11.6 Å². The molecule has 21 heavy (non-hydrogen) atoms. The van der Waals surface area contributed by atoms with Gasteiger partial charge in [-0.2, -0.15) is 0 Å². The molecule has 3 N–H and O–H groups in total. The van der Waals surface area contributed by atoms with Crippen LogP contribution < -0.4 is 11.1 Å². The number of aryl methyl sites for hydroxylation is 1. The summed E-state index contributed by atoms with van der Waals surface area (Å²) in [6.45, 7) is 5.23. The molecule has 1 saturated heterocycles. The van der Waals surface area contributed by atoms with Crippen LogP contribution in [0.15, 0.2) is 24.3 Å². The summed E-state index contributed by atoms with van der Waals surface area (Å²) in [5, 5.41) is 3.02. The smallest absolute Gasteiger partial charge is 0.240 e. The molecule has 1 aromatic carbocycles. The molecule has 1 amide bonds. The molecule has 1 aliphatic rings. The van der Waals surface area contributed by atoms with E-state index in [1.807, 2.05) is 6.92 Å². The molecule has 1 atom stereocenters. The van der Waals surface area contributed by atoms with Crippen molar-refractivity contribution in [2.45, 2.75) is 44.7 Å². The zero-order valence-electron chi connectivity index (χ0n) is 12.7. The lowest BCUT2D eigenvalue weighted by Crippen LogP contribution is -2.57. The Balaban J connectivity index is 0.00000220. The summed E-state index contributed by atoms with van der Waals surface area (Å²) in [4.78, 5) is 12.3. The van der Waals surface area contributed by atoms with Crippen molar-refractivity contribution in [3.05, 3.63) is 35.4 Å². The Labute approximate surface area is 132 Å². The van der Waals surface area contributed by atoms with Crippen LogP contribution in [0.25, 0.3) is 0 Å². The number of ether oxygens (including phenoxy) is 1. The number of amides is 1. The lowest BCUT2D eigenvalue weighted by Gasteiger charge is -2.33. The molecule has 0 radical (unpaired) electrons. The molecule has 0 aromatic heterocycles. The van der Waals surface area contributed by atoms with E-state index in [0.717, 1.165) is 12.0 Å². The van der Waals surface area contributed by atoms with Crippen LogP contribution in [-0.2, 0) is 16.0 Å². The van der Waals surface area contributed by atoms with Gasteiger partial charge in [-0.25, -0.2) is 0 Å². The molecular weight excluding hydrogens is 288 g/mol. The normalized spacial score (nSPS) is 18.4. The van der Waals surface area contributed by atoms with E-state index < -0.39 is 5.54 Å². The van der Waals surface area contributed by atoms with Gasteiger partial charge in [0.15, 0.2) is 0 Å². The summed E-state index contributed by atoms with van der Waals surface area (Å²) in [5.41, 5.74) is 7.80. The van der Waals surface area contributed by atoms with Crippen molar-refractivity contribution in [1.82, 2.24) is 5.32 Å². The number of hydrogen-bond donors (Lipinski definition) is 2. The maximum absolute atomic E-state index is 12.3. The number of carbonyl (C=O) groups excluding carboxylic acids is 1. The molecule has 4 nitrogen and oxygen atoms in total. The fourth-order valence-electron chi connectivity index (χ4n) is 2.43. The predicted octanol–water partition coefficient (Wildman–Crippen LogP) is 2.36. The molecule has 0 spiro atoms. The first-order valence-corrected chi connectivity index (χ1v) is 7.31. The number of carbonyl (C=O) groups is 1. The summed E-state index contributed by atoms with van der Waals surface area (Å²) in [6.07, 6.45) is 2.19. The van der Waals surface area contributed by atoms with E-state index in [4.69, 9.17) is 10.5 Å². The minimum Gasteiger partial charge on any atom is -0.381 e. The highest BCUT2D eigenvalue weighted by Crippen LogP contribution is 2.20. The van der Waals surface area contributed by atoms with Gasteiger partial charge in [-0.3, -0.25) is 4.79 Å². The van der Waals surface area contributed by atoms with E-state index in [1.165, 1.54) is 5.56 Å². The molecule has 0 saturated carbocycles. The van der Waals surface area contributed by atoms with E-state index in [2.05, 4.69) is 36.5 Å². The summed E-state index contributed by atoms with van der Waals surface area (Å²) in [7, 11) is 0. The van der Waals surface area contributed by atoms with E-state index >= 15 is 0 Å². The van der Waals surface area contributed by atoms with Gasteiger partial charge in [-0.15, -0.1) is 12.4 Å². The number of nitrogens with one attached hydrogen (secondary N) is 1. The van der Waals surface area contributed by atoms with Gasteiger partial charge in [-0.05, 0) is 37.3 Å². The van der Waals surface area contributed by atoms with Crippen LogP contribution in [0.3, 0.4) is 0 Å². The predicted molar refractivity (Wildman–Crippen MR) is 86.6 cm³/mol. The van der Waals surface area contributed by atoms with Gasteiger partial charge in [-0.1, -0.05) is 31.2 Å². The molecule has 1 unspecified atom stereocenters. The highest BCUT2D eigenvalue weighted by Gasteiger charge is 2.36. The quantitative estimate of drug-likeness (QED) is 0.897. The number of rotatable bonds is 4. The molecule has 0 aliphatic carbocycles. The minimum atomic E-state index is -0.782. The van der Waals surface area contributed by atoms with Crippen molar-refractivity contribution in [3.63, 3.8) is 0 Å². The van der Waals surface area contributed by atoms with Crippen LogP contribution in [0.2, 0.25) is 0 Å². The van der Waals surface area contributed by atoms with Crippen molar-refractivity contribution in [1.29, 1.82) is 0 Å². The van der Waals surface area contributed by atoms with Crippen molar-refractivity contribution in [2.75, 3.05) is 13.2 Å². The fourth-order valence-corrected chi connectivity index (χ4v) is 2.43. The van der Waals surface area contributed by atoms with Crippen LogP contribution in [0.5, 0.6) is 0 Å². The summed E-state index contributed by atoms with van der Waals surface area (Å²) in [5.74, 6) is -0.0760. The van der Waals surface area contributed by atoms with Gasteiger partial charge in [0.1, 0.15) is 0 Å². The van der Waals surface area contributed by atoms with E-state index in [-0.39, 0.29) is 24.4 Å². The van der Waals surface area contributed by atoms with Gasteiger partial charge in [0.2, 0.25) is 5.91 Å². The SMILES string of the molecule is CCc1ccc(C(C)NC(=O)C2(N)CCOCC2)cc1.Cl. The summed E-state index contributed by atoms with van der Waals surface area (Å²) in [6, 6.07) is 8.31. The first kappa shape index (κ1) is 18.0. The second kappa shape index (κ2) is 7.78. The Morgan fingerprint density at radius 2 is 1.90 bits per heavy atom. The molecule has 1 heterocycles. The summed E-state index contributed by atoms with van der Waals surface area (Å²) < 4.78 is 5.27. The lowest BCUT2D eigenvalue weighted by atomic mass is 9.90. The molecule has 118 valence electrons.